The summed E-state index contributed by atoms with van der Waals surface area (Å²) in [5, 5.41) is 2.54. The van der Waals surface area contributed by atoms with E-state index in [2.05, 4.69) is 5.32 Å². The summed E-state index contributed by atoms with van der Waals surface area (Å²) in [6.45, 7) is 2.21. The van der Waals surface area contributed by atoms with Crippen molar-refractivity contribution in [1.29, 1.82) is 0 Å². The lowest BCUT2D eigenvalue weighted by molar-refractivity contribution is -0.134. The van der Waals surface area contributed by atoms with Crippen molar-refractivity contribution in [2.45, 2.75) is 19.4 Å². The van der Waals surface area contributed by atoms with Crippen molar-refractivity contribution in [3.63, 3.8) is 0 Å². The third-order valence-corrected chi connectivity index (χ3v) is 3.44. The molecule has 1 aromatic carbocycles. The number of carbonyl (C=O) groups excluding carboxylic acids is 2. The van der Waals surface area contributed by atoms with E-state index in [4.69, 9.17) is 5.73 Å². The van der Waals surface area contributed by atoms with Crippen LogP contribution in [0.3, 0.4) is 0 Å². The fourth-order valence-corrected chi connectivity index (χ4v) is 1.97. The van der Waals surface area contributed by atoms with E-state index in [1.165, 1.54) is 0 Å². The maximum absolute atomic E-state index is 12.3. The van der Waals surface area contributed by atoms with Crippen LogP contribution in [0.4, 0.5) is 0 Å². The number of hydrogen-bond acceptors (Lipinski definition) is 3. The molecule has 3 N–H and O–H groups in total. The Morgan fingerprint density at radius 3 is 2.45 bits per heavy atom. The molecule has 0 aliphatic heterocycles. The molecule has 1 rings (SSSR count). The number of benzene rings is 1. The van der Waals surface area contributed by atoms with Crippen LogP contribution in [0, 0.1) is 5.92 Å². The van der Waals surface area contributed by atoms with Gasteiger partial charge in [-0.15, -0.1) is 0 Å². The molecule has 2 amide bonds. The number of hydrogen-bond donors (Lipinski definition) is 2. The van der Waals surface area contributed by atoms with E-state index in [1.54, 1.807) is 19.0 Å². The van der Waals surface area contributed by atoms with Crippen molar-refractivity contribution in [2.75, 3.05) is 20.6 Å². The van der Waals surface area contributed by atoms with E-state index in [1.807, 2.05) is 37.3 Å². The first kappa shape index (κ1) is 16.2. The molecule has 2 unspecified atom stereocenters. The summed E-state index contributed by atoms with van der Waals surface area (Å²) in [6, 6.07) is 9.21. The van der Waals surface area contributed by atoms with Gasteiger partial charge in [0.05, 0.1) is 5.92 Å². The lowest BCUT2D eigenvalue weighted by Crippen LogP contribution is -2.38. The minimum Gasteiger partial charge on any atom is -0.359 e. The van der Waals surface area contributed by atoms with Crippen molar-refractivity contribution < 1.29 is 9.59 Å². The molecule has 0 saturated carbocycles. The Hall–Kier alpha value is -1.88. The van der Waals surface area contributed by atoms with Crippen molar-refractivity contribution >= 4 is 11.8 Å². The highest BCUT2D eigenvalue weighted by atomic mass is 16.2. The first-order chi connectivity index (χ1) is 9.47. The number of nitrogens with one attached hydrogen (secondary N) is 1. The maximum Gasteiger partial charge on any atom is 0.227 e. The molecule has 0 saturated heterocycles. The first-order valence-corrected chi connectivity index (χ1v) is 6.73. The summed E-state index contributed by atoms with van der Waals surface area (Å²) in [4.78, 5) is 25.0. The van der Waals surface area contributed by atoms with Crippen molar-refractivity contribution in [1.82, 2.24) is 10.2 Å². The van der Waals surface area contributed by atoms with Crippen LogP contribution in [0.1, 0.15) is 24.9 Å². The van der Waals surface area contributed by atoms with E-state index >= 15 is 0 Å². The third-order valence-electron chi connectivity index (χ3n) is 3.44. The number of nitrogens with two attached hydrogens (primary N) is 1. The highest BCUT2D eigenvalue weighted by molar-refractivity contribution is 5.80. The van der Waals surface area contributed by atoms with Crippen molar-refractivity contribution in [3.8, 4) is 0 Å². The van der Waals surface area contributed by atoms with Crippen LogP contribution >= 0.6 is 0 Å². The molecule has 0 fully saturated rings. The van der Waals surface area contributed by atoms with E-state index < -0.39 is 0 Å². The molecule has 20 heavy (non-hydrogen) atoms. The van der Waals surface area contributed by atoms with Gasteiger partial charge in [-0.1, -0.05) is 37.3 Å². The standard InChI is InChI=1S/C15H23N3O2/c1-11(14(16)12-7-5-4-6-8-12)15(20)18(3)10-9-13(19)17-2/h4-8,11,14H,9-10,16H2,1-3H3,(H,17,19). The predicted molar refractivity (Wildman–Crippen MR) is 78.9 cm³/mol. The predicted octanol–water partition coefficient (Wildman–Crippen LogP) is 0.917. The summed E-state index contributed by atoms with van der Waals surface area (Å²) in [5.74, 6) is -0.456. The van der Waals surface area contributed by atoms with Crippen LogP contribution in [0.15, 0.2) is 30.3 Å². The Kier molecular flexibility index (Phi) is 6.18. The van der Waals surface area contributed by atoms with Crippen LogP contribution in [0.2, 0.25) is 0 Å². The lowest BCUT2D eigenvalue weighted by atomic mass is 9.94. The molecule has 2 atom stereocenters. The molecular formula is C15H23N3O2. The quantitative estimate of drug-likeness (QED) is 0.812. The molecule has 0 bridgehead atoms. The van der Waals surface area contributed by atoms with Crippen LogP contribution < -0.4 is 11.1 Å². The fourth-order valence-electron chi connectivity index (χ4n) is 1.97. The molecule has 0 heterocycles. The Morgan fingerprint density at radius 1 is 1.30 bits per heavy atom. The van der Waals surface area contributed by atoms with Gasteiger partial charge in [-0.2, -0.15) is 0 Å². The molecule has 110 valence electrons. The SMILES string of the molecule is CNC(=O)CCN(C)C(=O)C(C)C(N)c1ccccc1. The normalized spacial score (nSPS) is 13.4. The summed E-state index contributed by atoms with van der Waals surface area (Å²) in [6.07, 6.45) is 0.298. The Bertz CT molecular complexity index is 448. The lowest BCUT2D eigenvalue weighted by Gasteiger charge is -2.25. The van der Waals surface area contributed by atoms with Crippen molar-refractivity contribution in [2.24, 2.45) is 11.7 Å². The van der Waals surface area contributed by atoms with E-state index in [-0.39, 0.29) is 23.8 Å². The molecule has 0 aliphatic carbocycles. The second kappa shape index (κ2) is 7.65. The smallest absolute Gasteiger partial charge is 0.227 e. The first-order valence-electron chi connectivity index (χ1n) is 6.73. The molecule has 0 aliphatic rings. The molecule has 1 aromatic rings. The van der Waals surface area contributed by atoms with Gasteiger partial charge in [0.1, 0.15) is 0 Å². The van der Waals surface area contributed by atoms with Crippen molar-refractivity contribution in [3.05, 3.63) is 35.9 Å². The van der Waals surface area contributed by atoms with Gasteiger partial charge < -0.3 is 16.0 Å². The minimum absolute atomic E-state index is 0.0507. The highest BCUT2D eigenvalue weighted by Gasteiger charge is 2.24. The van der Waals surface area contributed by atoms with Crippen LogP contribution in [0.25, 0.3) is 0 Å². The van der Waals surface area contributed by atoms with Gasteiger partial charge >= 0.3 is 0 Å². The topological polar surface area (TPSA) is 75.4 Å². The van der Waals surface area contributed by atoms with Crippen LogP contribution in [-0.2, 0) is 9.59 Å². The summed E-state index contributed by atoms with van der Waals surface area (Å²) < 4.78 is 0. The minimum atomic E-state index is -0.342. The average Bonchev–Trinajstić information content (AvgIpc) is 2.50. The number of nitrogens with zero attached hydrogens (tertiary/aromatic N) is 1. The summed E-state index contributed by atoms with van der Waals surface area (Å²) in [7, 11) is 3.28. The van der Waals surface area contributed by atoms with Gasteiger partial charge in [-0.3, -0.25) is 9.59 Å². The van der Waals surface area contributed by atoms with Gasteiger partial charge in [0, 0.05) is 33.1 Å². The second-order valence-electron chi connectivity index (χ2n) is 4.91. The zero-order valence-corrected chi connectivity index (χ0v) is 12.3. The largest absolute Gasteiger partial charge is 0.359 e. The maximum atomic E-state index is 12.3. The Balaban J connectivity index is 2.59. The van der Waals surface area contributed by atoms with E-state index in [0.717, 1.165) is 5.56 Å². The van der Waals surface area contributed by atoms with Crippen LogP contribution in [-0.4, -0.2) is 37.4 Å². The third kappa shape index (κ3) is 4.35. The van der Waals surface area contributed by atoms with Gasteiger partial charge in [-0.05, 0) is 5.56 Å². The zero-order chi connectivity index (χ0) is 15.1. The Labute approximate surface area is 120 Å². The zero-order valence-electron chi connectivity index (χ0n) is 12.3. The van der Waals surface area contributed by atoms with Crippen LogP contribution in [0.5, 0.6) is 0 Å². The number of rotatable bonds is 6. The van der Waals surface area contributed by atoms with Gasteiger partial charge in [0.2, 0.25) is 11.8 Å². The van der Waals surface area contributed by atoms with Gasteiger partial charge in [0.25, 0.3) is 0 Å². The second-order valence-corrected chi connectivity index (χ2v) is 4.91. The van der Waals surface area contributed by atoms with Gasteiger partial charge in [0.15, 0.2) is 0 Å². The molecule has 0 spiro atoms. The molecule has 0 aromatic heterocycles. The summed E-state index contributed by atoms with van der Waals surface area (Å²) >= 11 is 0. The molecule has 5 heteroatoms. The van der Waals surface area contributed by atoms with E-state index in [0.29, 0.717) is 13.0 Å². The van der Waals surface area contributed by atoms with E-state index in [9.17, 15) is 9.59 Å². The van der Waals surface area contributed by atoms with Gasteiger partial charge in [-0.25, -0.2) is 0 Å². The fraction of sp³-hybridized carbons (Fsp3) is 0.467. The Morgan fingerprint density at radius 2 is 1.90 bits per heavy atom. The average molecular weight is 277 g/mol. The molecule has 0 radical (unpaired) electrons. The number of amides is 2. The monoisotopic (exact) mass is 277 g/mol. The highest BCUT2D eigenvalue weighted by Crippen LogP contribution is 2.20. The molecule has 5 nitrogen and oxygen atoms in total. The number of carbonyl (C=O) groups is 2. The summed E-state index contributed by atoms with van der Waals surface area (Å²) in [5.41, 5.74) is 7.07. The molecular weight excluding hydrogens is 254 g/mol.